The molecule has 10 nitrogen and oxygen atoms in total. The molecule has 0 heterocycles. The van der Waals surface area contributed by atoms with Gasteiger partial charge in [-0.1, -0.05) is 12.1 Å². The number of nitrogens with two attached hydrogens (primary N) is 1. The van der Waals surface area contributed by atoms with Gasteiger partial charge in [-0.25, -0.2) is 0 Å². The van der Waals surface area contributed by atoms with Crippen molar-refractivity contribution in [3.05, 3.63) is 29.8 Å². The maximum Gasteiger partial charge on any atom is 0.245 e. The van der Waals surface area contributed by atoms with Crippen molar-refractivity contribution in [1.29, 1.82) is 0 Å². The fourth-order valence-corrected chi connectivity index (χ4v) is 1.89. The molecule has 10 heteroatoms. The van der Waals surface area contributed by atoms with Crippen LogP contribution in [0.15, 0.2) is 24.3 Å². The van der Waals surface area contributed by atoms with Crippen LogP contribution in [0, 0.1) is 0 Å². The lowest BCUT2D eigenvalue weighted by molar-refractivity contribution is -0.131. The Labute approximate surface area is 143 Å². The topological polar surface area (TPSA) is 182 Å². The standard InChI is InChI=1S/C15H21N3O7/c16-9(5-19)14(24)18-11(7-21)15(25)17-10(6-20)13(23)8-3-1-2-4-12(8)22/h1-4,9-11,19-22H,5-7,16H2,(H,17,25)(H,18,24)/t9-,10-,11-/m0/s1. The van der Waals surface area contributed by atoms with Crippen molar-refractivity contribution in [2.45, 2.75) is 18.1 Å². The third kappa shape index (κ3) is 5.50. The van der Waals surface area contributed by atoms with Gasteiger partial charge < -0.3 is 36.8 Å². The van der Waals surface area contributed by atoms with Gasteiger partial charge in [0.1, 0.15) is 23.9 Å². The maximum absolute atomic E-state index is 12.3. The number of carbonyl (C=O) groups excluding carboxylic acids is 3. The number of carbonyl (C=O) groups is 3. The van der Waals surface area contributed by atoms with Crippen LogP contribution < -0.4 is 16.4 Å². The number of rotatable bonds is 9. The van der Waals surface area contributed by atoms with E-state index in [4.69, 9.17) is 10.8 Å². The molecular formula is C15H21N3O7. The fraction of sp³-hybridized carbons (Fsp3) is 0.400. The summed E-state index contributed by atoms with van der Waals surface area (Å²) in [6, 6.07) is 1.48. The van der Waals surface area contributed by atoms with E-state index in [-0.39, 0.29) is 11.3 Å². The third-order valence-corrected chi connectivity index (χ3v) is 3.33. The van der Waals surface area contributed by atoms with Crippen molar-refractivity contribution in [3.8, 4) is 5.75 Å². The first kappa shape index (κ1) is 20.5. The summed E-state index contributed by atoms with van der Waals surface area (Å²) in [4.78, 5) is 35.9. The first-order valence-electron chi connectivity index (χ1n) is 7.36. The molecule has 0 aliphatic rings. The second-order valence-corrected chi connectivity index (χ2v) is 5.16. The smallest absolute Gasteiger partial charge is 0.245 e. The summed E-state index contributed by atoms with van der Waals surface area (Å²) in [5, 5.41) is 41.3. The molecule has 1 aromatic carbocycles. The van der Waals surface area contributed by atoms with Crippen molar-refractivity contribution in [3.63, 3.8) is 0 Å². The molecule has 0 aliphatic heterocycles. The molecule has 1 rings (SSSR count). The highest BCUT2D eigenvalue weighted by molar-refractivity contribution is 6.04. The second kappa shape index (κ2) is 9.69. The number of para-hydroxylation sites is 1. The molecule has 0 radical (unpaired) electrons. The van der Waals surface area contributed by atoms with Gasteiger partial charge in [-0.2, -0.15) is 0 Å². The Bertz CT molecular complexity index is 623. The molecule has 0 aromatic heterocycles. The number of hydrogen-bond donors (Lipinski definition) is 7. The van der Waals surface area contributed by atoms with Crippen LogP contribution in [-0.2, 0) is 9.59 Å². The van der Waals surface area contributed by atoms with E-state index in [1.54, 1.807) is 0 Å². The Balaban J connectivity index is 2.81. The number of ketones is 1. The lowest BCUT2D eigenvalue weighted by Crippen LogP contribution is -2.56. The largest absolute Gasteiger partial charge is 0.507 e. The predicted octanol–water partition coefficient (Wildman–Crippen LogP) is -3.15. The maximum atomic E-state index is 12.3. The highest BCUT2D eigenvalue weighted by atomic mass is 16.3. The molecule has 0 fully saturated rings. The number of aliphatic hydroxyl groups is 3. The van der Waals surface area contributed by atoms with Crippen molar-refractivity contribution in [2.24, 2.45) is 5.73 Å². The van der Waals surface area contributed by atoms with Crippen LogP contribution in [0.25, 0.3) is 0 Å². The highest BCUT2D eigenvalue weighted by Gasteiger charge is 2.28. The van der Waals surface area contributed by atoms with E-state index in [0.29, 0.717) is 0 Å². The van der Waals surface area contributed by atoms with Crippen molar-refractivity contribution < 1.29 is 34.8 Å². The molecule has 138 valence electrons. The summed E-state index contributed by atoms with van der Waals surface area (Å²) >= 11 is 0. The summed E-state index contributed by atoms with van der Waals surface area (Å²) in [5.74, 6) is -2.88. The zero-order valence-corrected chi connectivity index (χ0v) is 13.3. The van der Waals surface area contributed by atoms with Crippen molar-refractivity contribution in [2.75, 3.05) is 19.8 Å². The molecule has 0 saturated carbocycles. The summed E-state index contributed by atoms with van der Waals surface area (Å²) in [6.45, 7) is -2.21. The number of amides is 2. The van der Waals surface area contributed by atoms with Crippen LogP contribution in [0.1, 0.15) is 10.4 Å². The number of benzene rings is 1. The lowest BCUT2D eigenvalue weighted by Gasteiger charge is -2.21. The van der Waals surface area contributed by atoms with Crippen LogP contribution in [-0.4, -0.2) is 76.0 Å². The molecule has 1 aromatic rings. The summed E-state index contributed by atoms with van der Waals surface area (Å²) in [6.07, 6.45) is 0. The third-order valence-electron chi connectivity index (χ3n) is 3.33. The highest BCUT2D eigenvalue weighted by Crippen LogP contribution is 2.17. The van der Waals surface area contributed by atoms with Crippen LogP contribution in [0.3, 0.4) is 0 Å². The van der Waals surface area contributed by atoms with Gasteiger partial charge in [-0.15, -0.1) is 0 Å². The first-order valence-corrected chi connectivity index (χ1v) is 7.36. The zero-order valence-electron chi connectivity index (χ0n) is 13.3. The molecule has 3 atom stereocenters. The Kier molecular flexibility index (Phi) is 7.95. The van der Waals surface area contributed by atoms with Gasteiger partial charge in [0, 0.05) is 0 Å². The molecule has 0 saturated heterocycles. The fourth-order valence-electron chi connectivity index (χ4n) is 1.89. The van der Waals surface area contributed by atoms with E-state index < -0.39 is 55.5 Å². The minimum atomic E-state index is -1.43. The second-order valence-electron chi connectivity index (χ2n) is 5.16. The van der Waals surface area contributed by atoms with Gasteiger partial charge >= 0.3 is 0 Å². The van der Waals surface area contributed by atoms with Gasteiger partial charge in [-0.05, 0) is 12.1 Å². The molecule has 8 N–H and O–H groups in total. The van der Waals surface area contributed by atoms with Gasteiger partial charge in [0.2, 0.25) is 11.8 Å². The number of phenolic OH excluding ortho intramolecular Hbond substituents is 1. The molecule has 2 amide bonds. The van der Waals surface area contributed by atoms with Crippen LogP contribution in [0.2, 0.25) is 0 Å². The number of nitrogens with one attached hydrogen (secondary N) is 2. The lowest BCUT2D eigenvalue weighted by atomic mass is 10.0. The van der Waals surface area contributed by atoms with Gasteiger partial charge in [0.25, 0.3) is 0 Å². The Morgan fingerprint density at radius 2 is 1.48 bits per heavy atom. The van der Waals surface area contributed by atoms with Crippen molar-refractivity contribution in [1.82, 2.24) is 10.6 Å². The average molecular weight is 355 g/mol. The van der Waals surface area contributed by atoms with Crippen LogP contribution in [0.5, 0.6) is 5.75 Å². The minimum absolute atomic E-state index is 0.103. The predicted molar refractivity (Wildman–Crippen MR) is 85.5 cm³/mol. The number of hydrogen-bond acceptors (Lipinski definition) is 8. The van der Waals surface area contributed by atoms with E-state index in [0.717, 1.165) is 0 Å². The van der Waals surface area contributed by atoms with E-state index in [1.165, 1.54) is 24.3 Å². The van der Waals surface area contributed by atoms with Crippen LogP contribution >= 0.6 is 0 Å². The average Bonchev–Trinajstić information content (AvgIpc) is 2.62. The summed E-state index contributed by atoms with van der Waals surface area (Å²) < 4.78 is 0. The molecule has 0 spiro atoms. The Morgan fingerprint density at radius 3 is 2.00 bits per heavy atom. The van der Waals surface area contributed by atoms with Gasteiger partial charge in [-0.3, -0.25) is 14.4 Å². The van der Waals surface area contributed by atoms with Gasteiger partial charge in [0.05, 0.1) is 25.4 Å². The van der Waals surface area contributed by atoms with Gasteiger partial charge in [0.15, 0.2) is 5.78 Å². The summed E-state index contributed by atoms with van der Waals surface area (Å²) in [7, 11) is 0. The molecular weight excluding hydrogens is 334 g/mol. The molecule has 0 unspecified atom stereocenters. The first-order chi connectivity index (χ1) is 11.8. The van der Waals surface area contributed by atoms with E-state index >= 15 is 0 Å². The SMILES string of the molecule is N[C@@H](CO)C(=O)N[C@@H](CO)C(=O)N[C@@H](CO)C(=O)c1ccccc1O. The Morgan fingerprint density at radius 1 is 0.920 bits per heavy atom. The number of aliphatic hydroxyl groups excluding tert-OH is 3. The monoisotopic (exact) mass is 355 g/mol. The normalized spacial score (nSPS) is 14.2. The van der Waals surface area contributed by atoms with E-state index in [1.807, 2.05) is 0 Å². The molecule has 0 bridgehead atoms. The zero-order chi connectivity index (χ0) is 19.0. The van der Waals surface area contributed by atoms with E-state index in [2.05, 4.69) is 10.6 Å². The number of aromatic hydroxyl groups is 1. The quantitative estimate of drug-likeness (QED) is 0.227. The molecule has 25 heavy (non-hydrogen) atoms. The Hall–Kier alpha value is -2.53. The summed E-state index contributed by atoms with van der Waals surface area (Å²) in [5.41, 5.74) is 5.19. The number of phenols is 1. The van der Waals surface area contributed by atoms with E-state index in [9.17, 15) is 29.7 Å². The minimum Gasteiger partial charge on any atom is -0.507 e. The van der Waals surface area contributed by atoms with Crippen LogP contribution in [0.4, 0.5) is 0 Å². The molecule has 0 aliphatic carbocycles. The number of Topliss-reactive ketones (excluding diaryl/α,β-unsaturated/α-hetero) is 1. The van der Waals surface area contributed by atoms with Crippen molar-refractivity contribution >= 4 is 17.6 Å².